The second-order valence-electron chi connectivity index (χ2n) is 6.15. The molecule has 1 saturated heterocycles. The van der Waals surface area contributed by atoms with Gasteiger partial charge in [-0.1, -0.05) is 25.1 Å². The van der Waals surface area contributed by atoms with E-state index in [9.17, 15) is 4.79 Å². The van der Waals surface area contributed by atoms with Crippen LogP contribution >= 0.6 is 24.0 Å². The first-order valence-corrected chi connectivity index (χ1v) is 9.14. The third-order valence-corrected chi connectivity index (χ3v) is 4.31. The molecule has 1 heterocycles. The Bertz CT molecular complexity index is 560. The summed E-state index contributed by atoms with van der Waals surface area (Å²) in [6, 6.07) is 9.88. The van der Waals surface area contributed by atoms with Gasteiger partial charge < -0.3 is 19.9 Å². The van der Waals surface area contributed by atoms with E-state index in [-0.39, 0.29) is 36.0 Å². The number of rotatable bonds is 6. The van der Waals surface area contributed by atoms with Crippen molar-refractivity contribution in [2.24, 2.45) is 4.99 Å². The number of nitrogens with one attached hydrogen (secondary N) is 1. The Hall–Kier alpha value is -1.51. The van der Waals surface area contributed by atoms with Gasteiger partial charge in [0.05, 0.1) is 6.54 Å². The van der Waals surface area contributed by atoms with Gasteiger partial charge in [0.15, 0.2) is 5.96 Å². The summed E-state index contributed by atoms with van der Waals surface area (Å²) in [5.41, 5.74) is 0. The second-order valence-corrected chi connectivity index (χ2v) is 6.15. The summed E-state index contributed by atoms with van der Waals surface area (Å²) in [4.78, 5) is 20.4. The number of piperazine rings is 1. The van der Waals surface area contributed by atoms with E-state index in [4.69, 9.17) is 9.73 Å². The van der Waals surface area contributed by atoms with E-state index < -0.39 is 0 Å². The summed E-state index contributed by atoms with van der Waals surface area (Å²) in [6.45, 7) is 10.4. The van der Waals surface area contributed by atoms with Gasteiger partial charge in [-0.15, -0.1) is 24.0 Å². The van der Waals surface area contributed by atoms with E-state index in [1.807, 2.05) is 35.2 Å². The van der Waals surface area contributed by atoms with Crippen LogP contribution in [0.25, 0.3) is 0 Å². The number of para-hydroxylation sites is 1. The first-order chi connectivity index (χ1) is 12.1. The Morgan fingerprint density at radius 3 is 2.31 bits per heavy atom. The van der Waals surface area contributed by atoms with E-state index in [2.05, 4.69) is 24.1 Å². The quantitative estimate of drug-likeness (QED) is 0.391. The van der Waals surface area contributed by atoms with Gasteiger partial charge in [0, 0.05) is 39.6 Å². The van der Waals surface area contributed by atoms with Crippen LogP contribution in [0.1, 0.15) is 27.2 Å². The smallest absolute Gasteiger partial charge is 0.219 e. The molecule has 1 N–H and O–H groups in total. The number of hydrogen-bond donors (Lipinski definition) is 1. The van der Waals surface area contributed by atoms with Crippen molar-refractivity contribution in [3.63, 3.8) is 0 Å². The lowest BCUT2D eigenvalue weighted by Crippen LogP contribution is -2.53. The predicted molar refractivity (Wildman–Crippen MR) is 116 cm³/mol. The topological polar surface area (TPSA) is 57.2 Å². The Morgan fingerprint density at radius 1 is 1.15 bits per heavy atom. The van der Waals surface area contributed by atoms with Gasteiger partial charge in [-0.3, -0.25) is 4.79 Å². The number of ether oxygens (including phenoxy) is 1. The van der Waals surface area contributed by atoms with E-state index in [0.29, 0.717) is 6.54 Å². The summed E-state index contributed by atoms with van der Waals surface area (Å²) in [5, 5.41) is 3.36. The van der Waals surface area contributed by atoms with Crippen LogP contribution < -0.4 is 10.1 Å². The minimum absolute atomic E-state index is 0. The SMILES string of the molecule is CCNC(=NCC(CC)Oc1ccccc1)N1CCN(C(C)=O)CC1.I. The van der Waals surface area contributed by atoms with Crippen molar-refractivity contribution in [1.29, 1.82) is 0 Å². The van der Waals surface area contributed by atoms with Crippen LogP contribution in [0.15, 0.2) is 35.3 Å². The zero-order valence-corrected chi connectivity index (χ0v) is 18.3. The third-order valence-electron chi connectivity index (χ3n) is 4.31. The maximum absolute atomic E-state index is 11.5. The van der Waals surface area contributed by atoms with Crippen molar-refractivity contribution >= 4 is 35.8 Å². The number of benzene rings is 1. The molecule has 1 aromatic rings. The number of hydrogen-bond acceptors (Lipinski definition) is 3. The molecule has 6 nitrogen and oxygen atoms in total. The van der Waals surface area contributed by atoms with Crippen LogP contribution in [0.5, 0.6) is 5.75 Å². The fraction of sp³-hybridized carbons (Fsp3) is 0.579. The molecule has 1 aliphatic heterocycles. The van der Waals surface area contributed by atoms with E-state index >= 15 is 0 Å². The normalized spacial score (nSPS) is 15.9. The maximum Gasteiger partial charge on any atom is 0.219 e. The van der Waals surface area contributed by atoms with Gasteiger partial charge in [0.2, 0.25) is 5.91 Å². The Balaban J connectivity index is 0.00000338. The molecule has 146 valence electrons. The molecule has 0 radical (unpaired) electrons. The van der Waals surface area contributed by atoms with Crippen molar-refractivity contribution in [2.45, 2.75) is 33.3 Å². The molecular weight excluding hydrogens is 443 g/mol. The molecule has 1 aromatic carbocycles. The third kappa shape index (κ3) is 7.01. The summed E-state index contributed by atoms with van der Waals surface area (Å²) >= 11 is 0. The molecule has 1 atom stereocenters. The van der Waals surface area contributed by atoms with Gasteiger partial charge in [0.25, 0.3) is 0 Å². The summed E-state index contributed by atoms with van der Waals surface area (Å²) < 4.78 is 6.02. The zero-order valence-electron chi connectivity index (χ0n) is 16.0. The fourth-order valence-electron chi connectivity index (χ4n) is 2.79. The van der Waals surface area contributed by atoms with Crippen LogP contribution in [0, 0.1) is 0 Å². The monoisotopic (exact) mass is 474 g/mol. The van der Waals surface area contributed by atoms with E-state index in [0.717, 1.165) is 50.9 Å². The molecule has 0 spiro atoms. The molecule has 26 heavy (non-hydrogen) atoms. The standard InChI is InChI=1S/C19H30N4O2.HI/c1-4-17(25-18-9-7-6-8-10-18)15-21-19(20-5-2)23-13-11-22(12-14-23)16(3)24;/h6-10,17H,4-5,11-15H2,1-3H3,(H,20,21);1H. The molecule has 1 aliphatic rings. The fourth-order valence-corrected chi connectivity index (χ4v) is 2.79. The number of halogens is 1. The highest BCUT2D eigenvalue weighted by Crippen LogP contribution is 2.13. The molecule has 1 fully saturated rings. The minimum atomic E-state index is 0. The number of carbonyl (C=O) groups is 1. The van der Waals surface area contributed by atoms with Crippen LogP contribution in [-0.4, -0.2) is 67.0 Å². The van der Waals surface area contributed by atoms with E-state index in [1.165, 1.54) is 0 Å². The average Bonchev–Trinajstić information content (AvgIpc) is 2.65. The van der Waals surface area contributed by atoms with Crippen LogP contribution in [-0.2, 0) is 4.79 Å². The molecular formula is C19H31IN4O2. The van der Waals surface area contributed by atoms with Crippen LogP contribution in [0.3, 0.4) is 0 Å². The van der Waals surface area contributed by atoms with Crippen molar-refractivity contribution < 1.29 is 9.53 Å². The summed E-state index contributed by atoms with van der Waals surface area (Å²) in [5.74, 6) is 1.93. The molecule has 0 bridgehead atoms. The Labute approximate surface area is 174 Å². The molecule has 7 heteroatoms. The van der Waals surface area contributed by atoms with Crippen molar-refractivity contribution in [3.05, 3.63) is 30.3 Å². The predicted octanol–water partition coefficient (Wildman–Crippen LogP) is 2.59. The van der Waals surface area contributed by atoms with Crippen molar-refractivity contribution in [1.82, 2.24) is 15.1 Å². The van der Waals surface area contributed by atoms with Gasteiger partial charge in [-0.25, -0.2) is 4.99 Å². The largest absolute Gasteiger partial charge is 0.489 e. The summed E-state index contributed by atoms with van der Waals surface area (Å²) in [6.07, 6.45) is 0.949. The van der Waals surface area contributed by atoms with Crippen molar-refractivity contribution in [2.75, 3.05) is 39.3 Å². The molecule has 1 unspecified atom stereocenters. The number of guanidine groups is 1. The molecule has 0 aliphatic carbocycles. The number of nitrogens with zero attached hydrogens (tertiary/aromatic N) is 3. The zero-order chi connectivity index (χ0) is 18.1. The molecule has 0 aromatic heterocycles. The number of aliphatic imine (C=N–C) groups is 1. The Kier molecular flexibility index (Phi) is 10.4. The highest BCUT2D eigenvalue weighted by Gasteiger charge is 2.21. The van der Waals surface area contributed by atoms with Crippen LogP contribution in [0.2, 0.25) is 0 Å². The Morgan fingerprint density at radius 2 is 1.77 bits per heavy atom. The minimum Gasteiger partial charge on any atom is -0.489 e. The highest BCUT2D eigenvalue weighted by molar-refractivity contribution is 14.0. The van der Waals surface area contributed by atoms with Gasteiger partial charge in [0.1, 0.15) is 11.9 Å². The molecule has 2 rings (SSSR count). The highest BCUT2D eigenvalue weighted by atomic mass is 127. The average molecular weight is 474 g/mol. The van der Waals surface area contributed by atoms with Gasteiger partial charge in [-0.05, 0) is 25.5 Å². The number of carbonyl (C=O) groups excluding carboxylic acids is 1. The lowest BCUT2D eigenvalue weighted by Gasteiger charge is -2.36. The molecule has 0 saturated carbocycles. The van der Waals surface area contributed by atoms with E-state index in [1.54, 1.807) is 6.92 Å². The lowest BCUT2D eigenvalue weighted by atomic mass is 10.2. The summed E-state index contributed by atoms with van der Waals surface area (Å²) in [7, 11) is 0. The second kappa shape index (κ2) is 12.0. The maximum atomic E-state index is 11.5. The van der Waals surface area contributed by atoms with Crippen molar-refractivity contribution in [3.8, 4) is 5.75 Å². The molecule has 1 amide bonds. The lowest BCUT2D eigenvalue weighted by molar-refractivity contribution is -0.130. The van der Waals surface area contributed by atoms with Gasteiger partial charge in [-0.2, -0.15) is 0 Å². The van der Waals surface area contributed by atoms with Crippen LogP contribution in [0.4, 0.5) is 0 Å². The number of amides is 1. The van der Waals surface area contributed by atoms with Gasteiger partial charge >= 0.3 is 0 Å². The first kappa shape index (κ1) is 22.5. The first-order valence-electron chi connectivity index (χ1n) is 9.14.